The number of nitrogens with one attached hydrogen (secondary N) is 1. The molecule has 2 bridgehead atoms. The number of H-pyrrole nitrogens is 1. The van der Waals surface area contributed by atoms with E-state index in [1.807, 2.05) is 32.1 Å². The first-order chi connectivity index (χ1) is 17.3. The van der Waals surface area contributed by atoms with E-state index < -0.39 is 23.1 Å². The Morgan fingerprint density at radius 3 is 2.68 bits per heavy atom. The van der Waals surface area contributed by atoms with E-state index in [9.17, 15) is 9.90 Å². The van der Waals surface area contributed by atoms with Crippen LogP contribution in [0.4, 0.5) is 0 Å². The van der Waals surface area contributed by atoms with Gasteiger partial charge in [-0.15, -0.1) is 0 Å². The zero-order valence-corrected chi connectivity index (χ0v) is 22.9. The quantitative estimate of drug-likeness (QED) is 0.530. The lowest BCUT2D eigenvalue weighted by Crippen LogP contribution is -2.60. The van der Waals surface area contributed by atoms with Gasteiger partial charge in [0.05, 0.1) is 5.60 Å². The van der Waals surface area contributed by atoms with E-state index in [-0.39, 0.29) is 22.5 Å². The molecule has 5 heteroatoms. The molecule has 1 saturated heterocycles. The topological polar surface area (TPSA) is 71.5 Å². The number of aromatic amines is 1. The Bertz CT molecular complexity index is 1410. The largest absolute Gasteiger partial charge is 0.386 e. The van der Waals surface area contributed by atoms with Gasteiger partial charge < -0.3 is 19.6 Å². The average molecular weight is 502 g/mol. The summed E-state index contributed by atoms with van der Waals surface area (Å²) in [6.07, 6.45) is 10.4. The number of carbonyl (C=O) groups excluding carboxylic acids is 1. The second-order valence-electron chi connectivity index (χ2n) is 13.9. The Kier molecular flexibility index (Phi) is 4.55. The van der Waals surface area contributed by atoms with Crippen LogP contribution in [-0.4, -0.2) is 39.0 Å². The molecule has 2 unspecified atom stereocenters. The first-order valence-corrected chi connectivity index (χ1v) is 14.0. The number of rotatable bonds is 2. The highest BCUT2D eigenvalue weighted by Crippen LogP contribution is 2.70. The van der Waals surface area contributed by atoms with E-state index in [1.165, 1.54) is 22.2 Å². The molecule has 0 radical (unpaired) electrons. The van der Waals surface area contributed by atoms with Gasteiger partial charge in [0, 0.05) is 28.4 Å². The van der Waals surface area contributed by atoms with E-state index in [0.29, 0.717) is 5.92 Å². The first kappa shape index (κ1) is 23.9. The molecule has 2 aromatic rings. The maximum Gasteiger partial charge on any atom is 0.193 e. The zero-order chi connectivity index (χ0) is 26.2. The number of hydrogen-bond donors (Lipinski definition) is 2. The van der Waals surface area contributed by atoms with Crippen molar-refractivity contribution < 1.29 is 19.4 Å². The van der Waals surface area contributed by atoms with Crippen molar-refractivity contribution in [2.45, 2.75) is 102 Å². The molecule has 2 aliphatic heterocycles. The molecular formula is C32H39NO4. The molecule has 1 aromatic heterocycles. The van der Waals surface area contributed by atoms with Crippen molar-refractivity contribution in [2.75, 3.05) is 0 Å². The Morgan fingerprint density at radius 1 is 1.14 bits per heavy atom. The van der Waals surface area contributed by atoms with E-state index >= 15 is 0 Å². The minimum Gasteiger partial charge on any atom is -0.386 e. The molecule has 5 aliphatic rings. The molecule has 7 rings (SSSR count). The van der Waals surface area contributed by atoms with Gasteiger partial charge in [-0.25, -0.2) is 0 Å². The summed E-state index contributed by atoms with van der Waals surface area (Å²) in [5.41, 5.74) is 4.76. The lowest BCUT2D eigenvalue weighted by Gasteiger charge is -2.61. The van der Waals surface area contributed by atoms with Crippen LogP contribution in [0.25, 0.3) is 17.0 Å². The second kappa shape index (κ2) is 7.05. The predicted molar refractivity (Wildman–Crippen MR) is 144 cm³/mol. The second-order valence-corrected chi connectivity index (χ2v) is 13.9. The third-order valence-corrected chi connectivity index (χ3v) is 10.9. The smallest absolute Gasteiger partial charge is 0.193 e. The molecule has 37 heavy (non-hydrogen) atoms. The van der Waals surface area contributed by atoms with Crippen LogP contribution >= 0.6 is 0 Å². The van der Waals surface area contributed by atoms with Crippen molar-refractivity contribution in [3.8, 4) is 0 Å². The summed E-state index contributed by atoms with van der Waals surface area (Å²) >= 11 is 0. The first-order valence-electron chi connectivity index (χ1n) is 14.0. The van der Waals surface area contributed by atoms with Gasteiger partial charge in [0.15, 0.2) is 17.7 Å². The van der Waals surface area contributed by atoms with Gasteiger partial charge in [-0.2, -0.15) is 0 Å². The summed E-state index contributed by atoms with van der Waals surface area (Å²) in [4.78, 5) is 17.0. The summed E-state index contributed by atoms with van der Waals surface area (Å²) in [6, 6.07) is 6.57. The molecule has 5 nitrogen and oxygen atoms in total. The standard InChI is InChI=1S/C32H39NO4/c1-28(2,35)12-11-18-7-10-24-20(15-18)21-16-19-8-9-22-23-17-25(34)27-29(3,4)37-32(23,36-27)14-13-30(22,5)31(19,6)26(21)33-24/h7,10-12,15,17,19,22,27,33,35H,8-9,13-14,16H2,1-6H3/b12-11-/t19?,22?,27-,30-,31+,32-/m0/s1. The van der Waals surface area contributed by atoms with E-state index in [4.69, 9.17) is 9.47 Å². The van der Waals surface area contributed by atoms with Gasteiger partial charge >= 0.3 is 0 Å². The van der Waals surface area contributed by atoms with Crippen molar-refractivity contribution >= 4 is 22.8 Å². The Labute approximate surface area is 219 Å². The van der Waals surface area contributed by atoms with Crippen LogP contribution in [0.1, 0.15) is 84.0 Å². The molecule has 2 saturated carbocycles. The molecule has 196 valence electrons. The fourth-order valence-corrected chi connectivity index (χ4v) is 8.85. The SMILES string of the molecule is CC(C)(O)/C=C\c1ccc2[nH]c3c(c2c1)CC1CCC2C4=CC(=O)[C@@H]5O[C@@]4(CC[C@]2(C)[C@@]31C)OC5(C)C. The highest BCUT2D eigenvalue weighted by atomic mass is 16.8. The minimum absolute atomic E-state index is 0.00462. The number of ketones is 1. The minimum atomic E-state index is -0.837. The van der Waals surface area contributed by atoms with Crippen molar-refractivity contribution in [1.82, 2.24) is 4.98 Å². The van der Waals surface area contributed by atoms with Gasteiger partial charge in [0.1, 0.15) is 5.60 Å². The van der Waals surface area contributed by atoms with Gasteiger partial charge in [-0.05, 0) is 106 Å². The number of fused-ring (bicyclic) bond motifs is 9. The van der Waals surface area contributed by atoms with Crippen molar-refractivity contribution in [3.63, 3.8) is 0 Å². The van der Waals surface area contributed by atoms with Crippen LogP contribution in [0, 0.1) is 17.3 Å². The summed E-state index contributed by atoms with van der Waals surface area (Å²) in [5.74, 6) is 0.149. The van der Waals surface area contributed by atoms with Crippen LogP contribution in [-0.2, 0) is 26.1 Å². The third kappa shape index (κ3) is 2.99. The predicted octanol–water partition coefficient (Wildman–Crippen LogP) is 5.99. The van der Waals surface area contributed by atoms with Gasteiger partial charge in [-0.3, -0.25) is 4.79 Å². The number of carbonyl (C=O) groups is 1. The summed E-state index contributed by atoms with van der Waals surface area (Å²) in [6.45, 7) is 12.5. The molecule has 3 heterocycles. The van der Waals surface area contributed by atoms with Crippen LogP contribution in [0.5, 0.6) is 0 Å². The van der Waals surface area contributed by atoms with Crippen molar-refractivity contribution in [3.05, 3.63) is 52.7 Å². The Balaban J connectivity index is 1.32. The molecule has 0 amide bonds. The molecule has 2 N–H and O–H groups in total. The van der Waals surface area contributed by atoms with E-state index in [2.05, 4.69) is 37.0 Å². The number of aliphatic hydroxyl groups is 1. The van der Waals surface area contributed by atoms with Crippen LogP contribution in [0.15, 0.2) is 35.9 Å². The van der Waals surface area contributed by atoms with Crippen LogP contribution in [0.2, 0.25) is 0 Å². The van der Waals surface area contributed by atoms with Gasteiger partial charge in [0.25, 0.3) is 0 Å². The van der Waals surface area contributed by atoms with Gasteiger partial charge in [0.2, 0.25) is 0 Å². The molecule has 1 aromatic carbocycles. The summed E-state index contributed by atoms with van der Waals surface area (Å²) < 4.78 is 13.1. The number of benzene rings is 1. The normalized spacial score (nSPS) is 39.9. The number of ether oxygens (including phenoxy) is 2. The third-order valence-electron chi connectivity index (χ3n) is 10.9. The monoisotopic (exact) mass is 501 g/mol. The summed E-state index contributed by atoms with van der Waals surface area (Å²) in [7, 11) is 0. The van der Waals surface area contributed by atoms with Gasteiger partial charge in [-0.1, -0.05) is 32.1 Å². The lowest BCUT2D eigenvalue weighted by atomic mass is 9.44. The molecule has 1 spiro atoms. The fourth-order valence-electron chi connectivity index (χ4n) is 8.85. The maximum atomic E-state index is 13.2. The van der Waals surface area contributed by atoms with E-state index in [0.717, 1.165) is 43.2 Å². The molecular weight excluding hydrogens is 462 g/mol. The molecule has 3 aliphatic carbocycles. The zero-order valence-electron chi connectivity index (χ0n) is 22.9. The highest BCUT2D eigenvalue weighted by Gasteiger charge is 2.69. The fraction of sp³-hybridized carbons (Fsp3) is 0.594. The Hall–Kier alpha value is -2.21. The Morgan fingerprint density at radius 2 is 1.92 bits per heavy atom. The number of aromatic nitrogens is 1. The van der Waals surface area contributed by atoms with Crippen molar-refractivity contribution in [2.24, 2.45) is 17.3 Å². The highest BCUT2D eigenvalue weighted by molar-refractivity contribution is 5.97. The molecule has 6 atom stereocenters. The molecule has 3 fully saturated rings. The van der Waals surface area contributed by atoms with Crippen LogP contribution in [0.3, 0.4) is 0 Å². The number of hydrogen-bond acceptors (Lipinski definition) is 4. The van der Waals surface area contributed by atoms with Crippen LogP contribution < -0.4 is 0 Å². The van der Waals surface area contributed by atoms with Crippen molar-refractivity contribution in [1.29, 1.82) is 0 Å². The summed E-state index contributed by atoms with van der Waals surface area (Å²) in [5, 5.41) is 11.5. The lowest BCUT2D eigenvalue weighted by molar-refractivity contribution is -0.205. The van der Waals surface area contributed by atoms with E-state index in [1.54, 1.807) is 13.8 Å². The average Bonchev–Trinajstić information content (AvgIpc) is 3.40. The maximum absolute atomic E-state index is 13.2.